The van der Waals surface area contributed by atoms with E-state index in [0.29, 0.717) is 17.5 Å². The predicted molar refractivity (Wildman–Crippen MR) is 115 cm³/mol. The number of carbonyl (C=O) groups excluding carboxylic acids is 1. The van der Waals surface area contributed by atoms with Crippen molar-refractivity contribution >= 4 is 29.1 Å². The first-order valence-corrected chi connectivity index (χ1v) is 10.00. The van der Waals surface area contributed by atoms with Crippen LogP contribution in [0.2, 0.25) is 0 Å². The van der Waals surface area contributed by atoms with E-state index < -0.39 is 4.92 Å². The molecule has 1 aromatic heterocycles. The number of pyridine rings is 1. The number of hydrogen-bond acceptors (Lipinski definition) is 8. The molecule has 0 aliphatic heterocycles. The molecule has 3 aromatic rings. The molecule has 9 heteroatoms. The monoisotopic (exact) mass is 429 g/mol. The number of nitro benzene ring substituents is 1. The first-order valence-electron chi connectivity index (χ1n) is 9.01. The Morgan fingerprint density at radius 1 is 1.06 bits per heavy atom. The van der Waals surface area contributed by atoms with E-state index in [1.807, 2.05) is 36.4 Å². The van der Waals surface area contributed by atoms with Crippen LogP contribution in [-0.4, -0.2) is 21.4 Å². The van der Waals surface area contributed by atoms with Crippen LogP contribution < -0.4 is 5.73 Å². The van der Waals surface area contributed by atoms with Crippen LogP contribution in [0.1, 0.15) is 32.6 Å². The summed E-state index contributed by atoms with van der Waals surface area (Å²) in [5.74, 6) is -0.328. The van der Waals surface area contributed by atoms with Crippen molar-refractivity contribution in [1.29, 1.82) is 10.5 Å². The van der Waals surface area contributed by atoms with Gasteiger partial charge in [-0.1, -0.05) is 42.1 Å². The number of hydrogen-bond donors (Lipinski definition) is 1. The van der Waals surface area contributed by atoms with E-state index in [2.05, 4.69) is 11.1 Å². The van der Waals surface area contributed by atoms with Crippen LogP contribution in [0.3, 0.4) is 0 Å². The number of aromatic nitrogens is 1. The lowest BCUT2D eigenvalue weighted by Gasteiger charge is -2.12. The lowest BCUT2D eigenvalue weighted by atomic mass is 9.97. The van der Waals surface area contributed by atoms with Gasteiger partial charge in [0.05, 0.1) is 21.8 Å². The normalized spacial score (nSPS) is 10.1. The maximum absolute atomic E-state index is 12.5. The van der Waals surface area contributed by atoms with Crippen LogP contribution in [-0.2, 0) is 6.42 Å². The zero-order chi connectivity index (χ0) is 22.4. The number of ketones is 1. The van der Waals surface area contributed by atoms with E-state index in [0.717, 1.165) is 17.3 Å². The van der Waals surface area contributed by atoms with Gasteiger partial charge >= 0.3 is 0 Å². The summed E-state index contributed by atoms with van der Waals surface area (Å²) in [7, 11) is 0. The fourth-order valence-corrected chi connectivity index (χ4v) is 3.85. The number of rotatable bonds is 7. The Labute approximate surface area is 182 Å². The highest BCUT2D eigenvalue weighted by Gasteiger charge is 2.20. The number of benzene rings is 2. The van der Waals surface area contributed by atoms with Crippen molar-refractivity contribution in [2.24, 2.45) is 0 Å². The van der Waals surface area contributed by atoms with Crippen LogP contribution in [0.15, 0.2) is 59.6 Å². The van der Waals surface area contributed by atoms with Crippen molar-refractivity contribution in [3.63, 3.8) is 0 Å². The van der Waals surface area contributed by atoms with Gasteiger partial charge in [0.2, 0.25) is 0 Å². The molecule has 8 nitrogen and oxygen atoms in total. The smallest absolute Gasteiger partial charge is 0.269 e. The third-order valence-electron chi connectivity index (χ3n) is 4.48. The van der Waals surface area contributed by atoms with Crippen LogP contribution in [0.5, 0.6) is 0 Å². The number of nitrogen functional groups attached to an aromatic ring is 1. The molecule has 0 atom stereocenters. The van der Waals surface area contributed by atoms with Gasteiger partial charge in [-0.25, -0.2) is 4.98 Å². The summed E-state index contributed by atoms with van der Waals surface area (Å²) in [5.41, 5.74) is 7.89. The zero-order valence-corrected chi connectivity index (χ0v) is 16.9. The lowest BCUT2D eigenvalue weighted by molar-refractivity contribution is -0.384. The van der Waals surface area contributed by atoms with E-state index in [1.165, 1.54) is 24.3 Å². The Morgan fingerprint density at radius 2 is 1.71 bits per heavy atom. The van der Waals surface area contributed by atoms with Gasteiger partial charge < -0.3 is 5.73 Å². The van der Waals surface area contributed by atoms with Crippen molar-refractivity contribution in [1.82, 2.24) is 4.98 Å². The maximum atomic E-state index is 12.5. The van der Waals surface area contributed by atoms with Crippen molar-refractivity contribution in [3.05, 3.63) is 92.5 Å². The van der Waals surface area contributed by atoms with Gasteiger partial charge in [-0.3, -0.25) is 14.9 Å². The number of carbonyl (C=O) groups is 1. The fourth-order valence-electron chi connectivity index (χ4n) is 2.94. The summed E-state index contributed by atoms with van der Waals surface area (Å²) in [6, 6.07) is 18.7. The molecular weight excluding hydrogens is 414 g/mol. The Kier molecular flexibility index (Phi) is 6.61. The second-order valence-corrected chi connectivity index (χ2v) is 7.40. The number of nitrogens with zero attached hydrogens (tertiary/aromatic N) is 4. The minimum absolute atomic E-state index is 0.00211. The van der Waals surface area contributed by atoms with Gasteiger partial charge in [-0.15, -0.1) is 0 Å². The van der Waals surface area contributed by atoms with Crippen LogP contribution in [0.4, 0.5) is 11.5 Å². The molecule has 0 amide bonds. The van der Waals surface area contributed by atoms with Gasteiger partial charge in [0.25, 0.3) is 5.69 Å². The molecule has 0 saturated heterocycles. The minimum Gasteiger partial charge on any atom is -0.383 e. The number of non-ortho nitro benzene ring substituents is 1. The minimum atomic E-state index is -0.542. The fraction of sp³-hybridized carbons (Fsp3) is 0.0909. The summed E-state index contributed by atoms with van der Waals surface area (Å²) >= 11 is 1.04. The molecule has 0 aliphatic rings. The van der Waals surface area contributed by atoms with Crippen LogP contribution >= 0.6 is 11.8 Å². The molecule has 3 rings (SSSR count). The van der Waals surface area contributed by atoms with Crippen molar-refractivity contribution in [2.45, 2.75) is 11.4 Å². The van der Waals surface area contributed by atoms with Gasteiger partial charge in [0, 0.05) is 24.1 Å². The van der Waals surface area contributed by atoms with Gasteiger partial charge in [0.15, 0.2) is 5.78 Å². The molecular formula is C22H15N5O3S. The van der Waals surface area contributed by atoms with Crippen molar-refractivity contribution in [2.75, 3.05) is 11.5 Å². The number of thioether (sulfide) groups is 1. The summed E-state index contributed by atoms with van der Waals surface area (Å²) in [5, 5.41) is 30.3. The topological polar surface area (TPSA) is 147 Å². The second-order valence-electron chi connectivity index (χ2n) is 6.43. The second kappa shape index (κ2) is 9.53. The van der Waals surface area contributed by atoms with Gasteiger partial charge in [0.1, 0.15) is 23.0 Å². The molecule has 0 aliphatic carbocycles. The van der Waals surface area contributed by atoms with Crippen LogP contribution in [0.25, 0.3) is 0 Å². The summed E-state index contributed by atoms with van der Waals surface area (Å²) < 4.78 is 0. The molecule has 0 spiro atoms. The maximum Gasteiger partial charge on any atom is 0.269 e. The number of Topliss-reactive ketones (excluding diaryl/α,β-unsaturated/α-hetero) is 1. The largest absolute Gasteiger partial charge is 0.383 e. The Balaban J connectivity index is 1.89. The van der Waals surface area contributed by atoms with Gasteiger partial charge in [-0.2, -0.15) is 10.5 Å². The lowest BCUT2D eigenvalue weighted by Crippen LogP contribution is -2.08. The molecule has 0 fully saturated rings. The Bertz CT molecular complexity index is 1230. The highest BCUT2D eigenvalue weighted by Crippen LogP contribution is 2.30. The zero-order valence-electron chi connectivity index (χ0n) is 16.1. The summed E-state index contributed by atoms with van der Waals surface area (Å²) in [6.45, 7) is 0. The Morgan fingerprint density at radius 3 is 2.29 bits per heavy atom. The van der Waals surface area contributed by atoms with Crippen LogP contribution in [0, 0.1) is 32.8 Å². The highest BCUT2D eigenvalue weighted by molar-refractivity contribution is 8.00. The molecule has 1 heterocycles. The molecule has 152 valence electrons. The first-order chi connectivity index (χ1) is 14.9. The average molecular weight is 429 g/mol. The molecule has 0 saturated carbocycles. The van der Waals surface area contributed by atoms with E-state index in [-0.39, 0.29) is 39.2 Å². The molecule has 31 heavy (non-hydrogen) atoms. The van der Waals surface area contributed by atoms with Crippen molar-refractivity contribution in [3.8, 4) is 12.1 Å². The van der Waals surface area contributed by atoms with E-state index in [1.54, 1.807) is 0 Å². The standard InChI is InChI=1S/C22H15N5O3S/c23-11-18-17(10-14-4-2-1-3-5-14)19(12-24)22(26-21(18)25)31-13-20(28)15-6-8-16(9-7-15)27(29)30/h1-9H,10,13H2,(H2,25,26). The molecule has 0 radical (unpaired) electrons. The third-order valence-corrected chi connectivity index (χ3v) is 5.46. The van der Waals surface area contributed by atoms with E-state index in [4.69, 9.17) is 5.73 Å². The van der Waals surface area contributed by atoms with Crippen molar-refractivity contribution < 1.29 is 9.72 Å². The number of nitrogens with two attached hydrogens (primary N) is 1. The quantitative estimate of drug-likeness (QED) is 0.257. The van der Waals surface area contributed by atoms with E-state index >= 15 is 0 Å². The first kappa shape index (κ1) is 21.5. The average Bonchev–Trinajstić information content (AvgIpc) is 2.78. The SMILES string of the molecule is N#Cc1c(N)nc(SCC(=O)c2ccc([N+](=O)[O-])cc2)c(C#N)c1Cc1ccccc1. The molecule has 2 aromatic carbocycles. The molecule has 0 bridgehead atoms. The Hall–Kier alpha value is -4.21. The summed E-state index contributed by atoms with van der Waals surface area (Å²) in [4.78, 5) is 26.9. The van der Waals surface area contributed by atoms with Gasteiger partial charge in [-0.05, 0) is 23.3 Å². The number of nitriles is 2. The predicted octanol–water partition coefficient (Wildman–Crippen LogP) is 3.88. The van der Waals surface area contributed by atoms with E-state index in [9.17, 15) is 25.4 Å². The summed E-state index contributed by atoms with van der Waals surface area (Å²) in [6.07, 6.45) is 0.323. The highest BCUT2D eigenvalue weighted by atomic mass is 32.2. The molecule has 0 unspecified atom stereocenters. The number of nitro groups is 1. The molecule has 2 N–H and O–H groups in total. The number of anilines is 1. The third kappa shape index (κ3) is 4.86.